The summed E-state index contributed by atoms with van der Waals surface area (Å²) in [4.78, 5) is 12.2. The van der Waals surface area contributed by atoms with E-state index >= 15 is 0 Å². The van der Waals surface area contributed by atoms with E-state index in [9.17, 15) is 4.79 Å². The van der Waals surface area contributed by atoms with Crippen LogP contribution >= 0.6 is 0 Å². The molecule has 23 heavy (non-hydrogen) atoms. The predicted molar refractivity (Wildman–Crippen MR) is 96.4 cm³/mol. The number of carbonyl (C=O) groups is 1. The first-order chi connectivity index (χ1) is 11.1. The minimum Gasteiger partial charge on any atom is -0.449 e. The first-order valence-corrected chi connectivity index (χ1v) is 8.75. The fraction of sp³-hybridized carbons (Fsp3) is 0.550. The summed E-state index contributed by atoms with van der Waals surface area (Å²) >= 11 is 0. The fourth-order valence-electron chi connectivity index (χ4n) is 2.42. The Hall–Kier alpha value is -1.77. The summed E-state index contributed by atoms with van der Waals surface area (Å²) in [5, 5.41) is 3.05. The molecule has 1 aromatic carbocycles. The lowest BCUT2D eigenvalue weighted by molar-refractivity contribution is 0.130. The molecule has 0 radical (unpaired) electrons. The normalized spacial score (nSPS) is 13.0. The van der Waals surface area contributed by atoms with Crippen LogP contribution < -0.4 is 5.32 Å². The zero-order chi connectivity index (χ0) is 17.1. The predicted octanol–water partition coefficient (Wildman–Crippen LogP) is 5.64. The molecule has 0 aliphatic heterocycles. The molecule has 0 aliphatic carbocycles. The van der Waals surface area contributed by atoms with E-state index in [0.717, 1.165) is 31.2 Å². The standard InChI is InChI=1S/C20H31NO2/c1-5-7-12-17(11-6-2)19(18-13-9-8-10-14-18)21-20(22)23-15-16(3)4/h8-10,12-14,16,19H,5-7,11,15H2,1-4H3,(H,21,22)/t19-/m1/s1. The van der Waals surface area contributed by atoms with E-state index < -0.39 is 0 Å². The van der Waals surface area contributed by atoms with E-state index in [0.29, 0.717) is 12.5 Å². The Balaban J connectivity index is 2.94. The zero-order valence-electron chi connectivity index (χ0n) is 15.0. The zero-order valence-corrected chi connectivity index (χ0v) is 15.0. The van der Waals surface area contributed by atoms with Gasteiger partial charge >= 0.3 is 6.09 Å². The summed E-state index contributed by atoms with van der Waals surface area (Å²) in [6, 6.07) is 10.0. The molecule has 0 aromatic heterocycles. The van der Waals surface area contributed by atoms with Gasteiger partial charge in [0, 0.05) is 0 Å². The van der Waals surface area contributed by atoms with E-state index in [2.05, 4.69) is 37.4 Å². The summed E-state index contributed by atoms with van der Waals surface area (Å²) in [7, 11) is 0. The van der Waals surface area contributed by atoms with Gasteiger partial charge < -0.3 is 10.1 Å². The van der Waals surface area contributed by atoms with Crippen molar-refractivity contribution in [2.45, 2.75) is 59.4 Å². The number of allylic oxidation sites excluding steroid dienone is 1. The minimum atomic E-state index is -0.342. The Morgan fingerprint density at radius 1 is 1.17 bits per heavy atom. The van der Waals surface area contributed by atoms with E-state index in [1.165, 1.54) is 5.57 Å². The number of hydrogen-bond acceptors (Lipinski definition) is 2. The van der Waals surface area contributed by atoms with Crippen molar-refractivity contribution in [1.82, 2.24) is 5.32 Å². The van der Waals surface area contributed by atoms with Gasteiger partial charge in [0.1, 0.15) is 0 Å². The fourth-order valence-corrected chi connectivity index (χ4v) is 2.42. The molecular weight excluding hydrogens is 286 g/mol. The SMILES string of the molecule is CCCC=C(CCC)[C@@H](NC(=O)OCC(C)C)c1ccccc1. The molecule has 1 amide bonds. The average molecular weight is 317 g/mol. The highest BCUT2D eigenvalue weighted by molar-refractivity contribution is 5.68. The molecule has 1 atom stereocenters. The second kappa shape index (κ2) is 10.9. The number of nitrogens with one attached hydrogen (secondary N) is 1. The second-order valence-electron chi connectivity index (χ2n) is 6.30. The van der Waals surface area contributed by atoms with E-state index in [-0.39, 0.29) is 12.1 Å². The summed E-state index contributed by atoms with van der Waals surface area (Å²) in [5.74, 6) is 0.335. The van der Waals surface area contributed by atoms with Crippen LogP contribution in [0.2, 0.25) is 0 Å². The van der Waals surface area contributed by atoms with Crippen LogP contribution in [0.3, 0.4) is 0 Å². The van der Waals surface area contributed by atoms with Gasteiger partial charge in [-0.25, -0.2) is 4.79 Å². The van der Waals surface area contributed by atoms with Crippen LogP contribution in [0.15, 0.2) is 42.0 Å². The highest BCUT2D eigenvalue weighted by atomic mass is 16.5. The van der Waals surface area contributed by atoms with Crippen molar-refractivity contribution in [2.75, 3.05) is 6.61 Å². The number of carbonyl (C=O) groups excluding carboxylic acids is 1. The summed E-state index contributed by atoms with van der Waals surface area (Å²) in [6.07, 6.45) is 6.09. The van der Waals surface area contributed by atoms with Crippen LogP contribution in [0.4, 0.5) is 4.79 Å². The van der Waals surface area contributed by atoms with Gasteiger partial charge in [0.05, 0.1) is 12.6 Å². The van der Waals surface area contributed by atoms with Crippen molar-refractivity contribution >= 4 is 6.09 Å². The van der Waals surface area contributed by atoms with Gasteiger partial charge in [-0.15, -0.1) is 0 Å². The van der Waals surface area contributed by atoms with Crippen LogP contribution in [0, 0.1) is 5.92 Å². The van der Waals surface area contributed by atoms with Crippen molar-refractivity contribution in [3.63, 3.8) is 0 Å². The molecule has 1 N–H and O–H groups in total. The number of hydrogen-bond donors (Lipinski definition) is 1. The molecule has 0 bridgehead atoms. The average Bonchev–Trinajstić information content (AvgIpc) is 2.55. The Kier molecular flexibility index (Phi) is 9.11. The van der Waals surface area contributed by atoms with Crippen LogP contribution in [-0.4, -0.2) is 12.7 Å². The lowest BCUT2D eigenvalue weighted by Crippen LogP contribution is -2.31. The Morgan fingerprint density at radius 2 is 1.87 bits per heavy atom. The molecule has 0 heterocycles. The monoisotopic (exact) mass is 317 g/mol. The van der Waals surface area contributed by atoms with Gasteiger partial charge in [-0.3, -0.25) is 0 Å². The van der Waals surface area contributed by atoms with Crippen molar-refractivity contribution < 1.29 is 9.53 Å². The minimum absolute atomic E-state index is 0.109. The maximum Gasteiger partial charge on any atom is 0.407 e. The van der Waals surface area contributed by atoms with Gasteiger partial charge in [0.15, 0.2) is 0 Å². The van der Waals surface area contributed by atoms with Crippen LogP contribution in [0.1, 0.15) is 65.0 Å². The van der Waals surface area contributed by atoms with Gasteiger partial charge in [0.2, 0.25) is 0 Å². The van der Waals surface area contributed by atoms with Gasteiger partial charge in [-0.1, -0.05) is 76.9 Å². The molecule has 0 aliphatic rings. The largest absolute Gasteiger partial charge is 0.449 e. The van der Waals surface area contributed by atoms with Crippen LogP contribution in [0.25, 0.3) is 0 Å². The molecule has 0 saturated carbocycles. The first kappa shape index (κ1) is 19.3. The summed E-state index contributed by atoms with van der Waals surface area (Å²) in [5.41, 5.74) is 2.37. The topological polar surface area (TPSA) is 38.3 Å². The van der Waals surface area contributed by atoms with Gasteiger partial charge in [-0.2, -0.15) is 0 Å². The molecule has 128 valence electrons. The maximum atomic E-state index is 12.2. The summed E-state index contributed by atoms with van der Waals surface area (Å²) in [6.45, 7) is 8.84. The molecule has 0 fully saturated rings. The van der Waals surface area contributed by atoms with E-state index in [4.69, 9.17) is 4.74 Å². The molecule has 3 heteroatoms. The quantitative estimate of drug-likeness (QED) is 0.599. The summed E-state index contributed by atoms with van der Waals surface area (Å²) < 4.78 is 5.31. The Morgan fingerprint density at radius 3 is 2.43 bits per heavy atom. The number of rotatable bonds is 9. The van der Waals surface area contributed by atoms with Gasteiger partial charge in [0.25, 0.3) is 0 Å². The number of alkyl carbamates (subject to hydrolysis) is 1. The third kappa shape index (κ3) is 7.36. The van der Waals surface area contributed by atoms with E-state index in [1.54, 1.807) is 0 Å². The van der Waals surface area contributed by atoms with Crippen LogP contribution in [-0.2, 0) is 4.74 Å². The highest BCUT2D eigenvalue weighted by Gasteiger charge is 2.19. The molecular formula is C20H31NO2. The Bertz CT molecular complexity index is 480. The number of benzene rings is 1. The van der Waals surface area contributed by atoms with Crippen molar-refractivity contribution in [1.29, 1.82) is 0 Å². The third-order valence-corrected chi connectivity index (χ3v) is 3.55. The lowest BCUT2D eigenvalue weighted by atomic mass is 9.94. The smallest absolute Gasteiger partial charge is 0.407 e. The molecule has 1 rings (SSSR count). The molecule has 1 aromatic rings. The molecule has 3 nitrogen and oxygen atoms in total. The highest BCUT2D eigenvalue weighted by Crippen LogP contribution is 2.26. The number of amides is 1. The van der Waals surface area contributed by atoms with Gasteiger partial charge in [-0.05, 0) is 29.9 Å². The van der Waals surface area contributed by atoms with Crippen molar-refractivity contribution in [3.05, 3.63) is 47.5 Å². The van der Waals surface area contributed by atoms with Crippen LogP contribution in [0.5, 0.6) is 0 Å². The van der Waals surface area contributed by atoms with E-state index in [1.807, 2.05) is 32.0 Å². The molecule has 0 unspecified atom stereocenters. The second-order valence-corrected chi connectivity index (χ2v) is 6.30. The lowest BCUT2D eigenvalue weighted by Gasteiger charge is -2.23. The van der Waals surface area contributed by atoms with Crippen molar-refractivity contribution in [2.24, 2.45) is 5.92 Å². The number of ether oxygens (including phenoxy) is 1. The molecule has 0 spiro atoms. The Labute approximate surface area is 141 Å². The number of unbranched alkanes of at least 4 members (excludes halogenated alkanes) is 1. The third-order valence-electron chi connectivity index (χ3n) is 3.55. The first-order valence-electron chi connectivity index (χ1n) is 8.75. The van der Waals surface area contributed by atoms with Crippen molar-refractivity contribution in [3.8, 4) is 0 Å². The molecule has 0 saturated heterocycles. The maximum absolute atomic E-state index is 12.2.